The molecule has 2 aliphatic rings. The van der Waals surface area contributed by atoms with Crippen molar-refractivity contribution in [1.29, 1.82) is 0 Å². The van der Waals surface area contributed by atoms with Crippen LogP contribution in [0.15, 0.2) is 0 Å². The largest absolute Gasteiger partial charge is 0.481 e. The molecule has 1 unspecified atom stereocenters. The molecule has 1 aliphatic carbocycles. The molecular weight excluding hydrogens is 214 g/mol. The van der Waals surface area contributed by atoms with E-state index in [-0.39, 0.29) is 0 Å². The molecule has 3 nitrogen and oxygen atoms in total. The van der Waals surface area contributed by atoms with E-state index in [1.807, 2.05) is 0 Å². The average molecular weight is 239 g/mol. The summed E-state index contributed by atoms with van der Waals surface area (Å²) in [5.41, 5.74) is -0.448. The summed E-state index contributed by atoms with van der Waals surface area (Å²) in [4.78, 5) is 14.0. The maximum Gasteiger partial charge on any atom is 0.310 e. The average Bonchev–Trinajstić information content (AvgIpc) is 2.67. The van der Waals surface area contributed by atoms with Gasteiger partial charge in [-0.15, -0.1) is 0 Å². The number of rotatable bonds is 3. The van der Waals surface area contributed by atoms with E-state index < -0.39 is 11.4 Å². The van der Waals surface area contributed by atoms with Crippen LogP contribution in [-0.4, -0.2) is 35.6 Å². The zero-order valence-corrected chi connectivity index (χ0v) is 11.1. The number of hydrogen-bond donors (Lipinski definition) is 1. The van der Waals surface area contributed by atoms with Crippen LogP contribution in [-0.2, 0) is 4.79 Å². The Morgan fingerprint density at radius 3 is 2.35 bits per heavy atom. The second-order valence-electron chi connectivity index (χ2n) is 6.40. The molecule has 2 fully saturated rings. The van der Waals surface area contributed by atoms with Crippen LogP contribution in [0.5, 0.6) is 0 Å². The van der Waals surface area contributed by atoms with Gasteiger partial charge >= 0.3 is 5.97 Å². The van der Waals surface area contributed by atoms with E-state index in [0.717, 1.165) is 51.2 Å². The van der Waals surface area contributed by atoms with Crippen LogP contribution in [0.4, 0.5) is 0 Å². The number of aliphatic carboxylic acids is 1. The Morgan fingerprint density at radius 1 is 1.24 bits per heavy atom. The van der Waals surface area contributed by atoms with Gasteiger partial charge in [0.1, 0.15) is 0 Å². The molecule has 1 saturated heterocycles. The molecule has 0 aromatic carbocycles. The van der Waals surface area contributed by atoms with Gasteiger partial charge in [-0.2, -0.15) is 0 Å². The van der Waals surface area contributed by atoms with E-state index in [0.29, 0.717) is 5.92 Å². The number of nitrogens with zero attached hydrogens (tertiary/aromatic N) is 1. The Balaban J connectivity index is 1.99. The van der Waals surface area contributed by atoms with E-state index in [9.17, 15) is 9.90 Å². The van der Waals surface area contributed by atoms with Crippen LogP contribution >= 0.6 is 0 Å². The quantitative estimate of drug-likeness (QED) is 0.823. The van der Waals surface area contributed by atoms with Crippen molar-refractivity contribution in [3.8, 4) is 0 Å². The summed E-state index contributed by atoms with van der Waals surface area (Å²) in [7, 11) is 0. The number of carboxylic acid groups (broad SMARTS) is 1. The van der Waals surface area contributed by atoms with Gasteiger partial charge in [0.25, 0.3) is 0 Å². The molecule has 0 radical (unpaired) electrons. The maximum atomic E-state index is 11.6. The zero-order chi connectivity index (χ0) is 12.5. The third-order valence-corrected chi connectivity index (χ3v) is 4.72. The lowest BCUT2D eigenvalue weighted by Crippen LogP contribution is -2.44. The molecule has 2 rings (SSSR count). The van der Waals surface area contributed by atoms with Crippen molar-refractivity contribution in [2.24, 2.45) is 17.3 Å². The Labute approximate surface area is 104 Å². The van der Waals surface area contributed by atoms with Crippen molar-refractivity contribution in [1.82, 2.24) is 4.90 Å². The normalized spacial score (nSPS) is 39.4. The molecule has 1 aliphatic heterocycles. The Morgan fingerprint density at radius 2 is 1.88 bits per heavy atom. The highest BCUT2D eigenvalue weighted by atomic mass is 16.4. The third kappa shape index (κ3) is 2.82. The molecule has 0 amide bonds. The predicted molar refractivity (Wildman–Crippen MR) is 67.9 cm³/mol. The molecule has 1 heterocycles. The third-order valence-electron chi connectivity index (χ3n) is 4.72. The van der Waals surface area contributed by atoms with Gasteiger partial charge in [0.2, 0.25) is 0 Å². The molecule has 1 N–H and O–H groups in total. The summed E-state index contributed by atoms with van der Waals surface area (Å²) < 4.78 is 0. The first-order valence-corrected chi connectivity index (χ1v) is 6.97. The molecule has 0 bridgehead atoms. The van der Waals surface area contributed by atoms with Crippen LogP contribution < -0.4 is 0 Å². The number of hydrogen-bond acceptors (Lipinski definition) is 2. The number of carbonyl (C=O) groups is 1. The molecule has 0 spiro atoms. The lowest BCUT2D eigenvalue weighted by Gasteiger charge is -2.38. The van der Waals surface area contributed by atoms with Crippen LogP contribution in [0.2, 0.25) is 0 Å². The predicted octanol–water partition coefficient (Wildman–Crippen LogP) is 2.61. The maximum absolute atomic E-state index is 11.6. The van der Waals surface area contributed by atoms with Gasteiger partial charge in [0.15, 0.2) is 0 Å². The van der Waals surface area contributed by atoms with E-state index in [2.05, 4.69) is 18.7 Å². The van der Waals surface area contributed by atoms with Crippen molar-refractivity contribution >= 4 is 5.97 Å². The number of likely N-dealkylation sites (tertiary alicyclic amines) is 1. The van der Waals surface area contributed by atoms with Crippen molar-refractivity contribution in [3.63, 3.8) is 0 Å². The number of carboxylic acids is 1. The highest BCUT2D eigenvalue weighted by Gasteiger charge is 2.43. The van der Waals surface area contributed by atoms with Gasteiger partial charge in [-0.3, -0.25) is 4.79 Å². The van der Waals surface area contributed by atoms with Crippen molar-refractivity contribution < 1.29 is 9.90 Å². The first kappa shape index (κ1) is 12.9. The summed E-state index contributed by atoms with van der Waals surface area (Å²) in [5.74, 6) is 0.882. The fraction of sp³-hybridized carbons (Fsp3) is 0.929. The van der Waals surface area contributed by atoms with Gasteiger partial charge in [0, 0.05) is 13.1 Å². The second-order valence-corrected chi connectivity index (χ2v) is 6.40. The SMILES string of the molecule is CC1CCC(CN2CCC(C)C2)(C(=O)O)CC1. The van der Waals surface area contributed by atoms with Gasteiger partial charge in [0.05, 0.1) is 5.41 Å². The van der Waals surface area contributed by atoms with Gasteiger partial charge < -0.3 is 10.0 Å². The molecule has 3 heteroatoms. The lowest BCUT2D eigenvalue weighted by atomic mass is 9.70. The van der Waals surface area contributed by atoms with Crippen LogP contribution in [0.25, 0.3) is 0 Å². The Bertz CT molecular complexity index is 282. The molecule has 98 valence electrons. The van der Waals surface area contributed by atoms with E-state index in [1.165, 1.54) is 6.42 Å². The molecule has 17 heavy (non-hydrogen) atoms. The summed E-state index contributed by atoms with van der Waals surface area (Å²) in [5, 5.41) is 9.57. The van der Waals surface area contributed by atoms with Gasteiger partial charge in [-0.05, 0) is 50.5 Å². The highest BCUT2D eigenvalue weighted by Crippen LogP contribution is 2.40. The topological polar surface area (TPSA) is 40.5 Å². The minimum absolute atomic E-state index is 0.448. The molecule has 1 saturated carbocycles. The van der Waals surface area contributed by atoms with Crippen LogP contribution in [0, 0.1) is 17.3 Å². The molecular formula is C14H25NO2. The van der Waals surface area contributed by atoms with Crippen LogP contribution in [0.3, 0.4) is 0 Å². The Hall–Kier alpha value is -0.570. The molecule has 0 aromatic heterocycles. The van der Waals surface area contributed by atoms with Crippen molar-refractivity contribution in [2.75, 3.05) is 19.6 Å². The van der Waals surface area contributed by atoms with Gasteiger partial charge in [-0.1, -0.05) is 13.8 Å². The first-order valence-electron chi connectivity index (χ1n) is 6.97. The summed E-state index contributed by atoms with van der Waals surface area (Å²) in [6, 6.07) is 0. The minimum Gasteiger partial charge on any atom is -0.481 e. The van der Waals surface area contributed by atoms with E-state index in [1.54, 1.807) is 0 Å². The first-order chi connectivity index (χ1) is 8.02. The Kier molecular flexibility index (Phi) is 3.76. The highest BCUT2D eigenvalue weighted by molar-refractivity contribution is 5.75. The molecule has 1 atom stereocenters. The molecule has 0 aromatic rings. The standard InChI is InChI=1S/C14H25NO2/c1-11-3-6-14(7-4-11,13(16)17)10-15-8-5-12(2)9-15/h11-12H,3-10H2,1-2H3,(H,16,17). The summed E-state index contributed by atoms with van der Waals surface area (Å²) in [6.07, 6.45) is 5.13. The van der Waals surface area contributed by atoms with E-state index in [4.69, 9.17) is 0 Å². The van der Waals surface area contributed by atoms with Crippen molar-refractivity contribution in [3.05, 3.63) is 0 Å². The van der Waals surface area contributed by atoms with E-state index >= 15 is 0 Å². The minimum atomic E-state index is -0.566. The second kappa shape index (κ2) is 4.97. The summed E-state index contributed by atoms with van der Waals surface area (Å²) in [6.45, 7) is 7.45. The van der Waals surface area contributed by atoms with Gasteiger partial charge in [-0.25, -0.2) is 0 Å². The van der Waals surface area contributed by atoms with Crippen molar-refractivity contribution in [2.45, 2.75) is 46.0 Å². The monoisotopic (exact) mass is 239 g/mol. The fourth-order valence-electron chi connectivity index (χ4n) is 3.35. The van der Waals surface area contributed by atoms with Crippen LogP contribution in [0.1, 0.15) is 46.0 Å². The zero-order valence-electron chi connectivity index (χ0n) is 11.1. The fourth-order valence-corrected chi connectivity index (χ4v) is 3.35. The smallest absolute Gasteiger partial charge is 0.310 e. The lowest BCUT2D eigenvalue weighted by molar-refractivity contribution is -0.153. The summed E-state index contributed by atoms with van der Waals surface area (Å²) >= 11 is 0.